The van der Waals surface area contributed by atoms with Crippen molar-refractivity contribution in [2.75, 3.05) is 69.9 Å². The number of amides is 3. The number of hydrogen-bond donors (Lipinski definition) is 2. The molecule has 5 heterocycles. The summed E-state index contributed by atoms with van der Waals surface area (Å²) in [6, 6.07) is 2.53. The number of nitrogens with one attached hydrogen (secondary N) is 2. The van der Waals surface area contributed by atoms with Crippen molar-refractivity contribution in [3.05, 3.63) is 48.1 Å². The molecule has 18 heteroatoms. The largest absolute Gasteiger partial charge is 0.453 e. The molecule has 0 radical (unpaired) electrons. The fraction of sp³-hybridized carbons (Fsp3) is 0.429. The monoisotopic (exact) mass is 649 g/mol. The third kappa shape index (κ3) is 7.51. The summed E-state index contributed by atoms with van der Waals surface area (Å²) in [6.45, 7) is 5.98. The number of hydrogen-bond acceptors (Lipinski definition) is 10. The van der Waals surface area contributed by atoms with Crippen LogP contribution in [-0.2, 0) is 31.8 Å². The minimum Gasteiger partial charge on any atom is -0.453 e. The first kappa shape index (κ1) is 32.6. The van der Waals surface area contributed by atoms with E-state index in [0.29, 0.717) is 69.8 Å². The molecule has 2 aliphatic rings. The Morgan fingerprint density at radius 3 is 2.59 bits per heavy atom. The van der Waals surface area contributed by atoms with E-state index in [-0.39, 0.29) is 36.3 Å². The Balaban J connectivity index is 1.45. The van der Waals surface area contributed by atoms with Crippen molar-refractivity contribution in [3.8, 4) is 11.4 Å². The van der Waals surface area contributed by atoms with Gasteiger partial charge in [0.15, 0.2) is 17.5 Å². The lowest BCUT2D eigenvalue weighted by Crippen LogP contribution is -2.50. The third-order valence-electron chi connectivity index (χ3n) is 7.36. The van der Waals surface area contributed by atoms with E-state index in [9.17, 15) is 31.9 Å². The van der Waals surface area contributed by atoms with Gasteiger partial charge in [0, 0.05) is 45.1 Å². The third-order valence-corrected chi connectivity index (χ3v) is 7.36. The van der Waals surface area contributed by atoms with Gasteiger partial charge in [-0.3, -0.25) is 19.8 Å². The van der Waals surface area contributed by atoms with Gasteiger partial charge in [0.25, 0.3) is 5.91 Å². The second-order valence-electron chi connectivity index (χ2n) is 10.6. The lowest BCUT2D eigenvalue weighted by atomic mass is 10.1. The Labute approximate surface area is 259 Å². The SMILES string of the molecule is C=C(F)C(=O)NCC(=O)N1CCCN(Cc2cc3c(N4CCOCC4)nc(-c4cnc(NC(=O)OC)cc4C(F)(F)F)nn3c2)C1. The van der Waals surface area contributed by atoms with Crippen LogP contribution in [0.2, 0.25) is 0 Å². The van der Waals surface area contributed by atoms with E-state index >= 15 is 0 Å². The highest BCUT2D eigenvalue weighted by Crippen LogP contribution is 2.38. The molecule has 3 aromatic heterocycles. The smallest absolute Gasteiger partial charge is 0.417 e. The van der Waals surface area contributed by atoms with Crippen molar-refractivity contribution >= 4 is 35.1 Å². The van der Waals surface area contributed by atoms with Crippen LogP contribution in [0.5, 0.6) is 0 Å². The van der Waals surface area contributed by atoms with Crippen LogP contribution < -0.4 is 15.5 Å². The number of pyridine rings is 1. The zero-order valence-corrected chi connectivity index (χ0v) is 24.8. The van der Waals surface area contributed by atoms with Crippen LogP contribution in [0.25, 0.3) is 16.9 Å². The number of carbonyl (C=O) groups excluding carboxylic acids is 3. The fourth-order valence-corrected chi connectivity index (χ4v) is 5.16. The highest BCUT2D eigenvalue weighted by molar-refractivity contribution is 5.93. The van der Waals surface area contributed by atoms with Crippen molar-refractivity contribution in [3.63, 3.8) is 0 Å². The molecule has 0 aromatic carbocycles. The highest BCUT2D eigenvalue weighted by atomic mass is 19.4. The molecule has 0 spiro atoms. The summed E-state index contributed by atoms with van der Waals surface area (Å²) < 4.78 is 67.1. The van der Waals surface area contributed by atoms with Gasteiger partial charge in [-0.15, -0.1) is 5.10 Å². The molecule has 14 nitrogen and oxygen atoms in total. The second-order valence-corrected chi connectivity index (χ2v) is 10.6. The van der Waals surface area contributed by atoms with E-state index in [1.54, 1.807) is 11.1 Å². The lowest BCUT2D eigenvalue weighted by Gasteiger charge is -2.35. The molecule has 2 N–H and O–H groups in total. The van der Waals surface area contributed by atoms with Crippen LogP contribution in [0.4, 0.5) is 34.0 Å². The number of halogens is 4. The van der Waals surface area contributed by atoms with E-state index in [1.165, 1.54) is 4.52 Å². The first-order chi connectivity index (χ1) is 21.9. The van der Waals surface area contributed by atoms with Crippen LogP contribution in [0.15, 0.2) is 36.9 Å². The Morgan fingerprint density at radius 1 is 1.13 bits per heavy atom. The zero-order chi connectivity index (χ0) is 33.0. The maximum Gasteiger partial charge on any atom is 0.417 e. The molecule has 3 amide bonds. The van der Waals surface area contributed by atoms with E-state index in [1.807, 2.05) is 15.9 Å². The summed E-state index contributed by atoms with van der Waals surface area (Å²) >= 11 is 0. The number of fused-ring (bicyclic) bond motifs is 1. The Bertz CT molecular complexity index is 1640. The van der Waals surface area contributed by atoms with E-state index in [4.69, 9.17) is 4.74 Å². The van der Waals surface area contributed by atoms with E-state index in [2.05, 4.69) is 37.0 Å². The van der Waals surface area contributed by atoms with Crippen LogP contribution in [0, 0.1) is 0 Å². The van der Waals surface area contributed by atoms with Crippen molar-refractivity contribution in [2.24, 2.45) is 0 Å². The zero-order valence-electron chi connectivity index (χ0n) is 24.8. The number of aromatic nitrogens is 4. The van der Waals surface area contributed by atoms with Gasteiger partial charge < -0.3 is 24.6 Å². The molecule has 2 saturated heterocycles. The summed E-state index contributed by atoms with van der Waals surface area (Å²) in [4.78, 5) is 49.6. The van der Waals surface area contributed by atoms with Gasteiger partial charge in [-0.2, -0.15) is 13.2 Å². The van der Waals surface area contributed by atoms with Gasteiger partial charge in [0.05, 0.1) is 44.7 Å². The minimum absolute atomic E-state index is 0.228. The predicted octanol–water partition coefficient (Wildman–Crippen LogP) is 2.42. The molecule has 0 saturated carbocycles. The fourth-order valence-electron chi connectivity index (χ4n) is 5.16. The van der Waals surface area contributed by atoms with Gasteiger partial charge in [0.1, 0.15) is 11.3 Å². The normalized spacial score (nSPS) is 15.9. The summed E-state index contributed by atoms with van der Waals surface area (Å²) in [5.41, 5.74) is -0.156. The highest BCUT2D eigenvalue weighted by Gasteiger charge is 2.36. The van der Waals surface area contributed by atoms with Gasteiger partial charge in [-0.05, 0) is 24.1 Å². The molecular weight excluding hydrogens is 618 g/mol. The molecule has 2 fully saturated rings. The number of rotatable bonds is 8. The number of carbonyl (C=O) groups is 3. The summed E-state index contributed by atoms with van der Waals surface area (Å²) in [7, 11) is 1.08. The lowest BCUT2D eigenvalue weighted by molar-refractivity contribution is -0.137. The number of methoxy groups -OCH3 is 1. The number of anilines is 2. The average Bonchev–Trinajstić information content (AvgIpc) is 3.45. The van der Waals surface area contributed by atoms with Crippen LogP contribution in [0.1, 0.15) is 17.5 Å². The van der Waals surface area contributed by atoms with Crippen LogP contribution >= 0.6 is 0 Å². The van der Waals surface area contributed by atoms with E-state index < -0.39 is 29.6 Å². The van der Waals surface area contributed by atoms with Crippen molar-refractivity contribution < 1.29 is 41.4 Å². The summed E-state index contributed by atoms with van der Waals surface area (Å²) in [5.74, 6) is -2.79. The van der Waals surface area contributed by atoms with Crippen molar-refractivity contribution in [1.29, 1.82) is 0 Å². The Morgan fingerprint density at radius 2 is 1.89 bits per heavy atom. The number of nitrogens with zero attached hydrogens (tertiary/aromatic N) is 7. The molecule has 3 aromatic rings. The molecule has 2 aliphatic heterocycles. The van der Waals surface area contributed by atoms with Crippen LogP contribution in [0.3, 0.4) is 0 Å². The van der Waals surface area contributed by atoms with Crippen molar-refractivity contribution in [2.45, 2.75) is 19.1 Å². The molecule has 0 aliphatic carbocycles. The second kappa shape index (κ2) is 13.7. The molecule has 46 heavy (non-hydrogen) atoms. The van der Waals surface area contributed by atoms with Gasteiger partial charge in [-0.1, -0.05) is 6.58 Å². The Hall–Kier alpha value is -4.84. The molecule has 0 bridgehead atoms. The quantitative estimate of drug-likeness (QED) is 0.276. The molecule has 0 unspecified atom stereocenters. The molecule has 246 valence electrons. The minimum atomic E-state index is -4.83. The maximum atomic E-state index is 14.2. The van der Waals surface area contributed by atoms with Gasteiger partial charge in [-0.25, -0.2) is 23.7 Å². The molecule has 5 rings (SSSR count). The first-order valence-electron chi connectivity index (χ1n) is 14.2. The Kier molecular flexibility index (Phi) is 9.66. The van der Waals surface area contributed by atoms with Gasteiger partial charge in [0.2, 0.25) is 5.91 Å². The van der Waals surface area contributed by atoms with Crippen molar-refractivity contribution in [1.82, 2.24) is 34.7 Å². The number of morpholine rings is 1. The topological polar surface area (TPSA) is 147 Å². The maximum absolute atomic E-state index is 14.2. The standard InChI is InChI=1S/C28H31F4N9O5/c1-17(29)26(43)34-13-23(42)40-5-3-4-38(16-40)14-18-10-21-25(39-6-8-46-9-7-39)36-24(37-41(21)15-18)19-12-33-22(35-27(44)45-2)11-20(19)28(30,31)32/h10-12,15H,1,3-9,13-14,16H2,2H3,(H,34,43)(H,33,35,44). The molecular formula is C28H31F4N9O5. The van der Waals surface area contributed by atoms with Gasteiger partial charge >= 0.3 is 12.3 Å². The van der Waals surface area contributed by atoms with E-state index in [0.717, 1.165) is 18.9 Å². The number of alkyl halides is 3. The van der Waals surface area contributed by atoms with Crippen LogP contribution in [-0.4, -0.2) is 107 Å². The predicted molar refractivity (Wildman–Crippen MR) is 155 cm³/mol. The summed E-state index contributed by atoms with van der Waals surface area (Å²) in [6.07, 6.45) is -2.51. The number of ether oxygens (including phenoxy) is 2. The average molecular weight is 650 g/mol. The molecule has 0 atom stereocenters. The first-order valence-corrected chi connectivity index (χ1v) is 14.2. The summed E-state index contributed by atoms with van der Waals surface area (Å²) in [5, 5.41) is 8.76.